The Bertz CT molecular complexity index is 592. The van der Waals surface area contributed by atoms with Crippen molar-refractivity contribution < 1.29 is 9.90 Å². The number of benzene rings is 2. The molecule has 21 heavy (non-hydrogen) atoms. The van der Waals surface area contributed by atoms with Crippen LogP contribution in [0.1, 0.15) is 25.8 Å². The molecular weight excluding hydrogens is 262 g/mol. The minimum atomic E-state index is -0.800. The summed E-state index contributed by atoms with van der Waals surface area (Å²) in [7, 11) is 0. The summed E-state index contributed by atoms with van der Waals surface area (Å²) in [6.45, 7) is 4.64. The lowest BCUT2D eigenvalue weighted by Gasteiger charge is -2.29. The lowest BCUT2D eigenvalue weighted by molar-refractivity contribution is -0.138. The second-order valence-corrected chi connectivity index (χ2v) is 5.38. The number of nitrogens with one attached hydrogen (secondary N) is 1. The van der Waals surface area contributed by atoms with E-state index in [9.17, 15) is 4.79 Å². The summed E-state index contributed by atoms with van der Waals surface area (Å²) in [5.41, 5.74) is 2.74. The summed E-state index contributed by atoms with van der Waals surface area (Å²) in [6.07, 6.45) is 0.0610. The quantitative estimate of drug-likeness (QED) is 0.850. The summed E-state index contributed by atoms with van der Waals surface area (Å²) < 4.78 is 0. The van der Waals surface area contributed by atoms with E-state index in [4.69, 9.17) is 5.11 Å². The van der Waals surface area contributed by atoms with Gasteiger partial charge in [0.15, 0.2) is 0 Å². The van der Waals surface area contributed by atoms with Crippen molar-refractivity contribution >= 4 is 5.97 Å². The molecule has 1 unspecified atom stereocenters. The first-order valence-electron chi connectivity index (χ1n) is 7.18. The highest BCUT2D eigenvalue weighted by Gasteiger charge is 2.28. The Balaban J connectivity index is 2.29. The maximum Gasteiger partial charge on any atom is 0.305 e. The smallest absolute Gasteiger partial charge is 0.305 e. The third kappa shape index (κ3) is 3.70. The average molecular weight is 283 g/mol. The molecule has 3 nitrogen and oxygen atoms in total. The number of hydrogen-bond acceptors (Lipinski definition) is 2. The van der Waals surface area contributed by atoms with Crippen LogP contribution in [0.15, 0.2) is 54.6 Å². The van der Waals surface area contributed by atoms with Crippen molar-refractivity contribution in [3.05, 3.63) is 60.2 Å². The molecule has 2 aromatic carbocycles. The average Bonchev–Trinajstić information content (AvgIpc) is 2.48. The van der Waals surface area contributed by atoms with Gasteiger partial charge in [-0.05, 0) is 30.2 Å². The minimum absolute atomic E-state index is 0.0610. The molecule has 2 N–H and O–H groups in total. The molecule has 110 valence electrons. The molecule has 0 saturated heterocycles. The van der Waals surface area contributed by atoms with Gasteiger partial charge in [0.1, 0.15) is 0 Å². The maximum atomic E-state index is 11.1. The predicted octanol–water partition coefficient (Wildman–Crippen LogP) is 3.65. The van der Waals surface area contributed by atoms with Crippen LogP contribution >= 0.6 is 0 Å². The van der Waals surface area contributed by atoms with E-state index in [1.807, 2.05) is 56.3 Å². The highest BCUT2D eigenvalue weighted by Crippen LogP contribution is 2.27. The molecule has 2 rings (SSSR count). The molecule has 0 heterocycles. The van der Waals surface area contributed by atoms with E-state index in [1.165, 1.54) is 0 Å². The van der Waals surface area contributed by atoms with Crippen LogP contribution in [-0.4, -0.2) is 17.6 Å². The van der Waals surface area contributed by atoms with Gasteiger partial charge in [0, 0.05) is 0 Å². The largest absolute Gasteiger partial charge is 0.481 e. The van der Waals surface area contributed by atoms with Gasteiger partial charge in [0.2, 0.25) is 0 Å². The lowest BCUT2D eigenvalue weighted by Crippen LogP contribution is -2.41. The van der Waals surface area contributed by atoms with Crippen LogP contribution in [0.3, 0.4) is 0 Å². The van der Waals surface area contributed by atoms with E-state index in [-0.39, 0.29) is 6.42 Å². The molecule has 0 aliphatic carbocycles. The first-order valence-corrected chi connectivity index (χ1v) is 7.18. The van der Waals surface area contributed by atoms with Crippen LogP contribution in [0, 0.1) is 0 Å². The molecule has 0 saturated carbocycles. The molecule has 2 aromatic rings. The standard InChI is InChI=1S/C18H21NO2/c1-3-19-18(2,13-17(20)21)16-11-9-15(10-12-16)14-7-5-4-6-8-14/h4-12,19H,3,13H2,1-2H3,(H,20,21). The van der Waals surface area contributed by atoms with E-state index < -0.39 is 11.5 Å². The van der Waals surface area contributed by atoms with Gasteiger partial charge in [-0.25, -0.2) is 0 Å². The monoisotopic (exact) mass is 283 g/mol. The molecule has 0 aromatic heterocycles. The first-order chi connectivity index (χ1) is 10.0. The molecule has 0 aliphatic heterocycles. The van der Waals surface area contributed by atoms with Crippen LogP contribution in [0.2, 0.25) is 0 Å². The van der Waals surface area contributed by atoms with Gasteiger partial charge in [-0.15, -0.1) is 0 Å². The Labute approximate surface area is 125 Å². The van der Waals surface area contributed by atoms with E-state index in [0.29, 0.717) is 0 Å². The van der Waals surface area contributed by atoms with Gasteiger partial charge in [0.25, 0.3) is 0 Å². The zero-order chi connectivity index (χ0) is 15.3. The summed E-state index contributed by atoms with van der Waals surface area (Å²) in [5, 5.41) is 12.4. The fourth-order valence-corrected chi connectivity index (χ4v) is 2.62. The van der Waals surface area contributed by atoms with Gasteiger partial charge in [-0.3, -0.25) is 4.79 Å². The van der Waals surface area contributed by atoms with Crippen molar-refractivity contribution in [1.29, 1.82) is 0 Å². The van der Waals surface area contributed by atoms with E-state index in [2.05, 4.69) is 17.4 Å². The minimum Gasteiger partial charge on any atom is -0.481 e. The molecule has 0 radical (unpaired) electrons. The van der Waals surface area contributed by atoms with Gasteiger partial charge in [-0.1, -0.05) is 61.5 Å². The summed E-state index contributed by atoms with van der Waals surface area (Å²) in [4.78, 5) is 11.1. The van der Waals surface area contributed by atoms with Gasteiger partial charge >= 0.3 is 5.97 Å². The Morgan fingerprint density at radius 1 is 1.05 bits per heavy atom. The number of carbonyl (C=O) groups is 1. The zero-order valence-electron chi connectivity index (χ0n) is 12.5. The van der Waals surface area contributed by atoms with Crippen molar-refractivity contribution in [2.45, 2.75) is 25.8 Å². The van der Waals surface area contributed by atoms with Gasteiger partial charge < -0.3 is 10.4 Å². The molecule has 3 heteroatoms. The van der Waals surface area contributed by atoms with Gasteiger partial charge in [0.05, 0.1) is 12.0 Å². The Morgan fingerprint density at radius 2 is 1.62 bits per heavy atom. The summed E-state index contributed by atoms with van der Waals surface area (Å²) in [6, 6.07) is 18.2. The Morgan fingerprint density at radius 3 is 2.14 bits per heavy atom. The van der Waals surface area contributed by atoms with Crippen LogP contribution in [0.25, 0.3) is 11.1 Å². The number of carboxylic acid groups (broad SMARTS) is 1. The number of hydrogen-bond donors (Lipinski definition) is 2. The highest BCUT2D eigenvalue weighted by atomic mass is 16.4. The third-order valence-corrected chi connectivity index (χ3v) is 3.70. The molecule has 0 bridgehead atoms. The van der Waals surface area contributed by atoms with Crippen molar-refractivity contribution in [2.24, 2.45) is 0 Å². The van der Waals surface area contributed by atoms with Gasteiger partial charge in [-0.2, -0.15) is 0 Å². The molecule has 0 aliphatic rings. The molecule has 0 spiro atoms. The normalized spacial score (nSPS) is 13.6. The second-order valence-electron chi connectivity index (χ2n) is 5.38. The molecule has 0 amide bonds. The van der Waals surface area contributed by atoms with Crippen LogP contribution in [-0.2, 0) is 10.3 Å². The topological polar surface area (TPSA) is 49.3 Å². The fraction of sp³-hybridized carbons (Fsp3) is 0.278. The SMILES string of the molecule is CCNC(C)(CC(=O)O)c1ccc(-c2ccccc2)cc1. The van der Waals surface area contributed by atoms with Crippen molar-refractivity contribution in [2.75, 3.05) is 6.54 Å². The fourth-order valence-electron chi connectivity index (χ4n) is 2.62. The van der Waals surface area contributed by atoms with E-state index in [0.717, 1.165) is 23.2 Å². The van der Waals surface area contributed by atoms with E-state index >= 15 is 0 Å². The Kier molecular flexibility index (Phi) is 4.76. The number of aliphatic carboxylic acids is 1. The second kappa shape index (κ2) is 6.55. The summed E-state index contributed by atoms with van der Waals surface area (Å²) in [5.74, 6) is -0.800. The van der Waals surface area contributed by atoms with Crippen molar-refractivity contribution in [3.63, 3.8) is 0 Å². The molecule has 0 fully saturated rings. The third-order valence-electron chi connectivity index (χ3n) is 3.70. The number of carboxylic acids is 1. The van der Waals surface area contributed by atoms with Crippen molar-refractivity contribution in [3.8, 4) is 11.1 Å². The van der Waals surface area contributed by atoms with Crippen molar-refractivity contribution in [1.82, 2.24) is 5.32 Å². The predicted molar refractivity (Wildman–Crippen MR) is 85.2 cm³/mol. The maximum absolute atomic E-state index is 11.1. The molecular formula is C18H21NO2. The van der Waals surface area contributed by atoms with Crippen LogP contribution < -0.4 is 5.32 Å². The molecule has 1 atom stereocenters. The highest BCUT2D eigenvalue weighted by molar-refractivity contribution is 5.69. The Hall–Kier alpha value is -2.13. The van der Waals surface area contributed by atoms with Crippen LogP contribution in [0.4, 0.5) is 0 Å². The number of rotatable bonds is 6. The zero-order valence-corrected chi connectivity index (χ0v) is 12.5. The lowest BCUT2D eigenvalue weighted by atomic mass is 9.87. The first kappa shape index (κ1) is 15.3. The van der Waals surface area contributed by atoms with Crippen LogP contribution in [0.5, 0.6) is 0 Å². The summed E-state index contributed by atoms with van der Waals surface area (Å²) >= 11 is 0. The van der Waals surface area contributed by atoms with E-state index in [1.54, 1.807) is 0 Å².